The minimum atomic E-state index is -2.03. The minimum Gasteiger partial charge on any atom is -0.497 e. The Hall–Kier alpha value is -1.89. The largest absolute Gasteiger partial charge is 0.497 e. The van der Waals surface area contributed by atoms with Gasteiger partial charge in [-0.15, -0.1) is 0 Å². The predicted octanol–water partition coefficient (Wildman–Crippen LogP) is 2.59. The molecule has 0 spiro atoms. The van der Waals surface area contributed by atoms with Gasteiger partial charge >= 0.3 is 0 Å². The Morgan fingerprint density at radius 1 is 1.30 bits per heavy atom. The molecule has 0 aromatic heterocycles. The second-order valence-electron chi connectivity index (χ2n) is 4.98. The average Bonchev–Trinajstić information content (AvgIpc) is 2.54. The first-order valence-electron chi connectivity index (χ1n) is 6.83. The predicted molar refractivity (Wildman–Crippen MR) is 89.8 cm³/mol. The van der Waals surface area contributed by atoms with E-state index >= 15 is 0 Å². The summed E-state index contributed by atoms with van der Waals surface area (Å²) in [6.07, 6.45) is 7.14. The second kappa shape index (κ2) is 7.12. The van der Waals surface area contributed by atoms with Gasteiger partial charge in [0.2, 0.25) is 0 Å². The van der Waals surface area contributed by atoms with Gasteiger partial charge in [0.1, 0.15) is 11.5 Å². The molecule has 0 heterocycles. The zero-order valence-electron chi connectivity index (χ0n) is 12.7. The maximum Gasteiger partial charge on any atom is 0.193 e. The third kappa shape index (κ3) is 4.10. The van der Waals surface area contributed by atoms with Crippen LogP contribution in [-0.2, 0) is 0 Å². The Labute approximate surface area is 142 Å². The molecule has 0 fully saturated rings. The third-order valence-electron chi connectivity index (χ3n) is 3.45. The monoisotopic (exact) mass is 380 g/mol. The molecule has 0 saturated heterocycles. The maximum atomic E-state index is 12.3. The molecule has 0 bridgehead atoms. The lowest BCUT2D eigenvalue weighted by molar-refractivity contribution is -0.136. The molecular weight excluding hydrogens is 364 g/mol. The molecule has 1 unspecified atom stereocenters. The van der Waals surface area contributed by atoms with E-state index in [0.29, 0.717) is 21.5 Å². The van der Waals surface area contributed by atoms with Crippen LogP contribution >= 0.6 is 15.9 Å². The molecule has 1 aliphatic rings. The Bertz CT molecular complexity index is 688. The van der Waals surface area contributed by atoms with Gasteiger partial charge in [-0.1, -0.05) is 28.1 Å². The number of halogens is 1. The van der Waals surface area contributed by atoms with Gasteiger partial charge < -0.3 is 19.7 Å². The number of methoxy groups -OCH3 is 2. The van der Waals surface area contributed by atoms with E-state index in [-0.39, 0.29) is 5.78 Å². The van der Waals surface area contributed by atoms with E-state index in [4.69, 9.17) is 9.47 Å². The molecule has 6 heteroatoms. The Morgan fingerprint density at radius 3 is 2.70 bits per heavy atom. The first-order valence-corrected chi connectivity index (χ1v) is 7.62. The Morgan fingerprint density at radius 2 is 2.04 bits per heavy atom. The van der Waals surface area contributed by atoms with Crippen molar-refractivity contribution in [1.29, 1.82) is 0 Å². The van der Waals surface area contributed by atoms with Crippen molar-refractivity contribution in [3.8, 4) is 11.5 Å². The van der Waals surface area contributed by atoms with Crippen molar-refractivity contribution in [2.45, 2.75) is 5.79 Å². The van der Waals surface area contributed by atoms with Crippen LogP contribution in [0.15, 0.2) is 53.1 Å². The van der Waals surface area contributed by atoms with Crippen molar-refractivity contribution in [2.24, 2.45) is 5.92 Å². The van der Waals surface area contributed by atoms with Crippen LogP contribution in [0.4, 0.5) is 0 Å². The molecule has 1 aromatic rings. The van der Waals surface area contributed by atoms with E-state index in [0.717, 1.165) is 0 Å². The number of benzene rings is 1. The van der Waals surface area contributed by atoms with Crippen LogP contribution in [-0.4, -0.2) is 36.0 Å². The van der Waals surface area contributed by atoms with Gasteiger partial charge in [0.25, 0.3) is 0 Å². The van der Waals surface area contributed by atoms with Crippen molar-refractivity contribution in [2.75, 3.05) is 14.2 Å². The summed E-state index contributed by atoms with van der Waals surface area (Å²) in [5.74, 6) is -2.11. The smallest absolute Gasteiger partial charge is 0.193 e. The summed E-state index contributed by atoms with van der Waals surface area (Å²) in [6, 6.07) is 4.87. The van der Waals surface area contributed by atoms with E-state index in [1.807, 2.05) is 0 Å². The summed E-state index contributed by atoms with van der Waals surface area (Å²) in [7, 11) is 2.99. The molecule has 0 aliphatic heterocycles. The van der Waals surface area contributed by atoms with Crippen molar-refractivity contribution in [3.05, 3.63) is 58.6 Å². The van der Waals surface area contributed by atoms with Gasteiger partial charge in [-0.25, -0.2) is 0 Å². The van der Waals surface area contributed by atoms with E-state index in [2.05, 4.69) is 15.9 Å². The number of rotatable bonds is 5. The van der Waals surface area contributed by atoms with E-state index in [1.165, 1.54) is 32.4 Å². The molecule has 5 nitrogen and oxygen atoms in total. The summed E-state index contributed by atoms with van der Waals surface area (Å²) < 4.78 is 11.0. The molecule has 0 saturated carbocycles. The first kappa shape index (κ1) is 17.5. The van der Waals surface area contributed by atoms with Gasteiger partial charge in [0, 0.05) is 10.5 Å². The number of ketones is 1. The fourth-order valence-electron chi connectivity index (χ4n) is 2.14. The van der Waals surface area contributed by atoms with Gasteiger partial charge in [-0.3, -0.25) is 4.79 Å². The van der Waals surface area contributed by atoms with Crippen LogP contribution in [0.5, 0.6) is 11.5 Å². The average molecular weight is 381 g/mol. The number of allylic oxidation sites excluding steroid dienone is 3. The van der Waals surface area contributed by atoms with Crippen LogP contribution in [0.1, 0.15) is 10.4 Å². The Balaban J connectivity index is 2.23. The van der Waals surface area contributed by atoms with E-state index < -0.39 is 11.7 Å². The van der Waals surface area contributed by atoms with Crippen molar-refractivity contribution >= 4 is 21.7 Å². The number of carbonyl (C=O) groups excluding carboxylic acids is 1. The number of hydrogen-bond donors (Lipinski definition) is 2. The maximum absolute atomic E-state index is 12.3. The molecular formula is C17H17BrO5. The fourth-order valence-corrected chi connectivity index (χ4v) is 2.56. The fraction of sp³-hybridized carbons (Fsp3) is 0.235. The van der Waals surface area contributed by atoms with Crippen LogP contribution < -0.4 is 9.47 Å². The quantitative estimate of drug-likeness (QED) is 0.466. The number of aliphatic hydroxyl groups is 2. The standard InChI is InChI=1S/C17H17BrO5/c1-22-13-4-5-14(16(10-13)23-2)15(19)6-3-11-9-12(18)7-8-17(11,20)21/h3-11,20-21H,1-2H3. The zero-order chi connectivity index (χ0) is 17.0. The van der Waals surface area contributed by atoms with Crippen molar-refractivity contribution in [1.82, 2.24) is 0 Å². The summed E-state index contributed by atoms with van der Waals surface area (Å²) in [4.78, 5) is 12.3. The third-order valence-corrected chi connectivity index (χ3v) is 3.97. The number of carbonyl (C=O) groups is 1. The lowest BCUT2D eigenvalue weighted by Crippen LogP contribution is -2.34. The van der Waals surface area contributed by atoms with Crippen LogP contribution in [0.3, 0.4) is 0 Å². The van der Waals surface area contributed by atoms with Gasteiger partial charge in [0.05, 0.1) is 25.7 Å². The summed E-state index contributed by atoms with van der Waals surface area (Å²) in [5, 5.41) is 19.8. The molecule has 23 heavy (non-hydrogen) atoms. The summed E-state index contributed by atoms with van der Waals surface area (Å²) >= 11 is 3.27. The molecule has 1 aromatic carbocycles. The molecule has 2 rings (SSSR count). The molecule has 0 radical (unpaired) electrons. The molecule has 1 atom stereocenters. The van der Waals surface area contributed by atoms with E-state index in [1.54, 1.807) is 30.4 Å². The highest BCUT2D eigenvalue weighted by Gasteiger charge is 2.31. The lowest BCUT2D eigenvalue weighted by Gasteiger charge is -2.26. The second-order valence-corrected chi connectivity index (χ2v) is 5.90. The van der Waals surface area contributed by atoms with Crippen molar-refractivity contribution < 1.29 is 24.5 Å². The van der Waals surface area contributed by atoms with E-state index in [9.17, 15) is 15.0 Å². The van der Waals surface area contributed by atoms with Gasteiger partial charge in [-0.05, 0) is 30.4 Å². The summed E-state index contributed by atoms with van der Waals surface area (Å²) in [6.45, 7) is 0. The first-order chi connectivity index (χ1) is 10.9. The number of ether oxygens (including phenoxy) is 2. The minimum absolute atomic E-state index is 0.306. The van der Waals surface area contributed by atoms with Crippen LogP contribution in [0.2, 0.25) is 0 Å². The molecule has 0 amide bonds. The van der Waals surface area contributed by atoms with Crippen LogP contribution in [0.25, 0.3) is 0 Å². The van der Waals surface area contributed by atoms with Crippen molar-refractivity contribution in [3.63, 3.8) is 0 Å². The molecule has 122 valence electrons. The van der Waals surface area contributed by atoms with Crippen LogP contribution in [0, 0.1) is 5.92 Å². The van der Waals surface area contributed by atoms with Gasteiger partial charge in [-0.2, -0.15) is 0 Å². The highest BCUT2D eigenvalue weighted by atomic mass is 79.9. The molecule has 2 N–H and O–H groups in total. The topological polar surface area (TPSA) is 76.0 Å². The van der Waals surface area contributed by atoms with Gasteiger partial charge in [0.15, 0.2) is 11.6 Å². The number of hydrogen-bond acceptors (Lipinski definition) is 5. The zero-order valence-corrected chi connectivity index (χ0v) is 14.3. The SMILES string of the molecule is COc1ccc(C(=O)C=CC2C=C(Br)C=CC2(O)O)c(OC)c1. The lowest BCUT2D eigenvalue weighted by atomic mass is 9.93. The highest BCUT2D eigenvalue weighted by molar-refractivity contribution is 9.11. The summed E-state index contributed by atoms with van der Waals surface area (Å²) in [5.41, 5.74) is 0.362. The highest BCUT2D eigenvalue weighted by Crippen LogP contribution is 2.29. The Kier molecular flexibility index (Phi) is 5.41. The molecule has 1 aliphatic carbocycles. The normalized spacial score (nSPS) is 19.5.